The Morgan fingerprint density at radius 2 is 2.25 bits per heavy atom. The minimum absolute atomic E-state index is 0.347. The molecule has 0 amide bonds. The van der Waals surface area contributed by atoms with Crippen LogP contribution in [0.15, 0.2) is 12.1 Å². The van der Waals surface area contributed by atoms with Gasteiger partial charge in [-0.1, -0.05) is 11.6 Å². The van der Waals surface area contributed by atoms with Crippen LogP contribution in [-0.4, -0.2) is 0 Å². The van der Waals surface area contributed by atoms with Gasteiger partial charge in [-0.15, -0.1) is 0 Å². The maximum absolute atomic E-state index is 8.71. The molecule has 0 fully saturated rings. The first kappa shape index (κ1) is 9.78. The molecule has 0 radical (unpaired) electrons. The first-order valence-electron chi connectivity index (χ1n) is 3.27. The Labute approximate surface area is 89.5 Å². The summed E-state index contributed by atoms with van der Waals surface area (Å²) in [6.45, 7) is 0.347. The predicted molar refractivity (Wildman–Crippen MR) is 56.8 cm³/mol. The van der Waals surface area contributed by atoms with E-state index in [4.69, 9.17) is 22.6 Å². The van der Waals surface area contributed by atoms with Crippen molar-refractivity contribution in [3.8, 4) is 6.07 Å². The molecule has 0 aliphatic heterocycles. The van der Waals surface area contributed by atoms with Crippen LogP contribution in [0.4, 0.5) is 0 Å². The minimum Gasteiger partial charge on any atom is -0.326 e. The fraction of sp³-hybridized carbons (Fsp3) is 0.125. The molecule has 0 atom stereocenters. The van der Waals surface area contributed by atoms with Gasteiger partial charge in [0.15, 0.2) is 0 Å². The molecule has 1 rings (SSSR count). The molecule has 0 heterocycles. The molecule has 0 aromatic heterocycles. The minimum atomic E-state index is 0.347. The maximum Gasteiger partial charge on any atom is 0.0995 e. The highest BCUT2D eigenvalue weighted by Gasteiger charge is 2.04. The number of halogens is 2. The third-order valence-electron chi connectivity index (χ3n) is 1.49. The molecule has 0 aliphatic carbocycles. The van der Waals surface area contributed by atoms with E-state index in [0.29, 0.717) is 17.1 Å². The molecule has 4 heteroatoms. The average Bonchev–Trinajstić information content (AvgIpc) is 2.09. The highest BCUT2D eigenvalue weighted by molar-refractivity contribution is 14.1. The van der Waals surface area contributed by atoms with Crippen LogP contribution in [0.1, 0.15) is 11.1 Å². The van der Waals surface area contributed by atoms with Crippen molar-refractivity contribution < 1.29 is 0 Å². The lowest BCUT2D eigenvalue weighted by molar-refractivity contribution is 1.06. The van der Waals surface area contributed by atoms with Gasteiger partial charge in [-0.05, 0) is 40.3 Å². The van der Waals surface area contributed by atoms with Gasteiger partial charge in [0, 0.05) is 10.1 Å². The van der Waals surface area contributed by atoms with E-state index in [1.54, 1.807) is 12.1 Å². The van der Waals surface area contributed by atoms with Crippen LogP contribution in [0, 0.1) is 14.9 Å². The monoisotopic (exact) mass is 292 g/mol. The van der Waals surface area contributed by atoms with Gasteiger partial charge in [0.25, 0.3) is 0 Å². The van der Waals surface area contributed by atoms with E-state index in [9.17, 15) is 0 Å². The topological polar surface area (TPSA) is 49.8 Å². The van der Waals surface area contributed by atoms with E-state index >= 15 is 0 Å². The van der Waals surface area contributed by atoms with Crippen LogP contribution in [0.25, 0.3) is 0 Å². The summed E-state index contributed by atoms with van der Waals surface area (Å²) in [5, 5.41) is 9.36. The molecule has 0 spiro atoms. The van der Waals surface area contributed by atoms with Crippen molar-refractivity contribution in [3.63, 3.8) is 0 Å². The van der Waals surface area contributed by atoms with E-state index in [1.807, 2.05) is 0 Å². The fourth-order valence-corrected chi connectivity index (χ4v) is 1.51. The summed E-state index contributed by atoms with van der Waals surface area (Å²) in [6, 6.07) is 5.55. The predicted octanol–water partition coefficient (Wildman–Crippen LogP) is 2.27. The van der Waals surface area contributed by atoms with Crippen LogP contribution in [0.2, 0.25) is 5.02 Å². The summed E-state index contributed by atoms with van der Waals surface area (Å²) in [6.07, 6.45) is 0. The van der Waals surface area contributed by atoms with Crippen molar-refractivity contribution in [2.24, 2.45) is 5.73 Å². The maximum atomic E-state index is 8.71. The van der Waals surface area contributed by atoms with Crippen LogP contribution in [-0.2, 0) is 6.54 Å². The lowest BCUT2D eigenvalue weighted by Crippen LogP contribution is -2.00. The van der Waals surface area contributed by atoms with E-state index in [1.165, 1.54) is 0 Å². The van der Waals surface area contributed by atoms with E-state index < -0.39 is 0 Å². The Kier molecular flexibility index (Phi) is 3.32. The Bertz CT molecular complexity index is 344. The summed E-state index contributed by atoms with van der Waals surface area (Å²) < 4.78 is 0.878. The second-order valence-electron chi connectivity index (χ2n) is 2.24. The number of hydrogen-bond donors (Lipinski definition) is 1. The third-order valence-corrected chi connectivity index (χ3v) is 3.01. The highest BCUT2D eigenvalue weighted by atomic mass is 127. The number of benzene rings is 1. The Morgan fingerprint density at radius 1 is 1.58 bits per heavy atom. The highest BCUT2D eigenvalue weighted by Crippen LogP contribution is 2.22. The number of hydrogen-bond acceptors (Lipinski definition) is 2. The third kappa shape index (κ3) is 1.89. The quantitative estimate of drug-likeness (QED) is 0.807. The largest absolute Gasteiger partial charge is 0.326 e. The Morgan fingerprint density at radius 3 is 2.75 bits per heavy atom. The average molecular weight is 293 g/mol. The molecular weight excluding hydrogens is 286 g/mol. The van der Waals surface area contributed by atoms with E-state index in [0.717, 1.165) is 9.13 Å². The van der Waals surface area contributed by atoms with Crippen molar-refractivity contribution in [3.05, 3.63) is 31.9 Å². The zero-order valence-corrected chi connectivity index (χ0v) is 9.06. The second-order valence-corrected chi connectivity index (χ2v) is 3.81. The van der Waals surface area contributed by atoms with Gasteiger partial charge in [-0.25, -0.2) is 0 Å². The van der Waals surface area contributed by atoms with Gasteiger partial charge in [0.1, 0.15) is 0 Å². The molecule has 0 aliphatic rings. The van der Waals surface area contributed by atoms with Crippen molar-refractivity contribution >= 4 is 34.2 Å². The van der Waals surface area contributed by atoms with Crippen molar-refractivity contribution in [2.75, 3.05) is 0 Å². The van der Waals surface area contributed by atoms with Gasteiger partial charge in [0.05, 0.1) is 16.7 Å². The summed E-state index contributed by atoms with van der Waals surface area (Å²) in [4.78, 5) is 0. The smallest absolute Gasteiger partial charge is 0.0995 e. The van der Waals surface area contributed by atoms with Crippen molar-refractivity contribution in [2.45, 2.75) is 6.54 Å². The standard InChI is InChI=1S/C8H6ClIN2/c9-7-1-5(3-11)6(4-12)2-8(7)10/h1-2H,3,11H2. The molecule has 2 N–H and O–H groups in total. The second kappa shape index (κ2) is 4.08. The van der Waals surface area contributed by atoms with E-state index in [2.05, 4.69) is 28.7 Å². The van der Waals surface area contributed by atoms with Gasteiger partial charge >= 0.3 is 0 Å². The molecule has 2 nitrogen and oxygen atoms in total. The van der Waals surface area contributed by atoms with Crippen LogP contribution in [0.5, 0.6) is 0 Å². The van der Waals surface area contributed by atoms with Crippen molar-refractivity contribution in [1.29, 1.82) is 5.26 Å². The molecule has 1 aromatic rings. The molecule has 62 valence electrons. The summed E-state index contributed by atoms with van der Waals surface area (Å²) in [7, 11) is 0. The first-order valence-corrected chi connectivity index (χ1v) is 4.72. The normalized spacial score (nSPS) is 9.50. The summed E-state index contributed by atoms with van der Waals surface area (Å²) in [5.74, 6) is 0. The van der Waals surface area contributed by atoms with Gasteiger partial charge < -0.3 is 5.73 Å². The molecule has 12 heavy (non-hydrogen) atoms. The van der Waals surface area contributed by atoms with Crippen LogP contribution < -0.4 is 5.73 Å². The molecule has 0 unspecified atom stereocenters. The Hall–Kier alpha value is -0.310. The van der Waals surface area contributed by atoms with Gasteiger partial charge in [-0.3, -0.25) is 0 Å². The van der Waals surface area contributed by atoms with Crippen molar-refractivity contribution in [1.82, 2.24) is 0 Å². The summed E-state index contributed by atoms with van der Waals surface area (Å²) in [5.41, 5.74) is 6.83. The molecule has 0 saturated heterocycles. The number of nitrogens with zero attached hydrogens (tertiary/aromatic N) is 1. The molecule has 0 saturated carbocycles. The molecule has 0 bridgehead atoms. The van der Waals surface area contributed by atoms with Gasteiger partial charge in [0.2, 0.25) is 0 Å². The zero-order valence-electron chi connectivity index (χ0n) is 6.14. The Balaban J connectivity index is 3.31. The van der Waals surface area contributed by atoms with Crippen LogP contribution >= 0.6 is 34.2 Å². The molecule has 1 aromatic carbocycles. The summed E-state index contributed by atoms with van der Waals surface area (Å²) >= 11 is 7.93. The van der Waals surface area contributed by atoms with E-state index in [-0.39, 0.29) is 0 Å². The molecular formula is C8H6ClIN2. The zero-order chi connectivity index (χ0) is 9.14. The first-order chi connectivity index (χ1) is 5.69. The number of nitrogens with two attached hydrogens (primary N) is 1. The lowest BCUT2D eigenvalue weighted by Gasteiger charge is -2.02. The van der Waals surface area contributed by atoms with Gasteiger partial charge in [-0.2, -0.15) is 5.26 Å². The fourth-order valence-electron chi connectivity index (χ4n) is 0.861. The van der Waals surface area contributed by atoms with Crippen LogP contribution in [0.3, 0.4) is 0 Å². The number of nitriles is 1. The lowest BCUT2D eigenvalue weighted by atomic mass is 10.1. The SMILES string of the molecule is N#Cc1cc(I)c(Cl)cc1CN. The number of rotatable bonds is 1.